The van der Waals surface area contributed by atoms with E-state index in [-0.39, 0.29) is 6.04 Å². The van der Waals surface area contributed by atoms with Gasteiger partial charge in [-0.1, -0.05) is 29.8 Å². The molecule has 23 heavy (non-hydrogen) atoms. The summed E-state index contributed by atoms with van der Waals surface area (Å²) in [6.45, 7) is 7.47. The molecule has 1 saturated heterocycles. The van der Waals surface area contributed by atoms with Crippen LogP contribution in [-0.2, 0) is 11.3 Å². The van der Waals surface area contributed by atoms with Gasteiger partial charge in [-0.3, -0.25) is 4.90 Å². The molecule has 3 rings (SSSR count). The average molecular weight is 351 g/mol. The Labute approximate surface area is 147 Å². The second-order valence-electron chi connectivity index (χ2n) is 5.84. The minimum atomic E-state index is 0.285. The molecule has 0 saturated carbocycles. The number of ether oxygens (including phenoxy) is 1. The lowest BCUT2D eigenvalue weighted by Crippen LogP contribution is -2.42. The van der Waals surface area contributed by atoms with Crippen molar-refractivity contribution in [1.29, 1.82) is 0 Å². The van der Waals surface area contributed by atoms with Gasteiger partial charge in [-0.2, -0.15) is 0 Å². The third-order valence-electron chi connectivity index (χ3n) is 4.34. The fourth-order valence-corrected chi connectivity index (χ4v) is 4.12. The van der Waals surface area contributed by atoms with E-state index in [1.165, 1.54) is 16.0 Å². The van der Waals surface area contributed by atoms with Gasteiger partial charge in [0, 0.05) is 42.1 Å². The molecule has 2 heterocycles. The summed E-state index contributed by atoms with van der Waals surface area (Å²) in [5, 5.41) is 6.62. The fourth-order valence-electron chi connectivity index (χ4n) is 2.98. The SMILES string of the molecule is Cc1ccsc1CNCC(c1ccccc1Cl)N1CCOCC1. The van der Waals surface area contributed by atoms with Crippen LogP contribution in [-0.4, -0.2) is 37.7 Å². The van der Waals surface area contributed by atoms with Gasteiger partial charge >= 0.3 is 0 Å². The van der Waals surface area contributed by atoms with Crippen LogP contribution in [0.15, 0.2) is 35.7 Å². The predicted molar refractivity (Wildman–Crippen MR) is 97.3 cm³/mol. The molecular weight excluding hydrogens is 328 g/mol. The van der Waals surface area contributed by atoms with Crippen molar-refractivity contribution >= 4 is 22.9 Å². The van der Waals surface area contributed by atoms with E-state index < -0.39 is 0 Å². The lowest BCUT2D eigenvalue weighted by molar-refractivity contribution is 0.0161. The van der Waals surface area contributed by atoms with Gasteiger partial charge < -0.3 is 10.1 Å². The Bertz CT molecular complexity index is 625. The first-order chi connectivity index (χ1) is 11.3. The van der Waals surface area contributed by atoms with Crippen LogP contribution in [0.2, 0.25) is 5.02 Å². The van der Waals surface area contributed by atoms with Crippen molar-refractivity contribution in [2.45, 2.75) is 19.5 Å². The number of rotatable bonds is 6. The summed E-state index contributed by atoms with van der Waals surface area (Å²) in [6.07, 6.45) is 0. The van der Waals surface area contributed by atoms with E-state index in [9.17, 15) is 0 Å². The minimum Gasteiger partial charge on any atom is -0.379 e. The fraction of sp³-hybridized carbons (Fsp3) is 0.444. The molecule has 1 atom stereocenters. The molecule has 0 radical (unpaired) electrons. The van der Waals surface area contributed by atoms with Gasteiger partial charge in [0.2, 0.25) is 0 Å². The van der Waals surface area contributed by atoms with Crippen molar-refractivity contribution < 1.29 is 4.74 Å². The smallest absolute Gasteiger partial charge is 0.0594 e. The van der Waals surface area contributed by atoms with Gasteiger partial charge in [0.25, 0.3) is 0 Å². The first-order valence-electron chi connectivity index (χ1n) is 8.05. The van der Waals surface area contributed by atoms with Gasteiger partial charge in [0.1, 0.15) is 0 Å². The number of nitrogens with zero attached hydrogens (tertiary/aromatic N) is 1. The van der Waals surface area contributed by atoms with Crippen LogP contribution in [0.3, 0.4) is 0 Å². The Balaban J connectivity index is 1.70. The first-order valence-corrected chi connectivity index (χ1v) is 9.31. The zero-order chi connectivity index (χ0) is 16.1. The zero-order valence-electron chi connectivity index (χ0n) is 13.4. The molecule has 1 aliphatic rings. The van der Waals surface area contributed by atoms with Crippen molar-refractivity contribution in [3.63, 3.8) is 0 Å². The summed E-state index contributed by atoms with van der Waals surface area (Å²) in [5.41, 5.74) is 2.56. The number of benzene rings is 1. The molecule has 0 aliphatic carbocycles. The first kappa shape index (κ1) is 16.9. The third kappa shape index (κ3) is 4.34. The van der Waals surface area contributed by atoms with E-state index in [1.54, 1.807) is 0 Å². The highest BCUT2D eigenvalue weighted by molar-refractivity contribution is 7.10. The summed E-state index contributed by atoms with van der Waals surface area (Å²) in [4.78, 5) is 3.88. The Morgan fingerprint density at radius 1 is 1.26 bits per heavy atom. The number of thiophene rings is 1. The molecule has 1 aromatic heterocycles. The maximum atomic E-state index is 6.46. The molecule has 1 aliphatic heterocycles. The number of halogens is 1. The summed E-state index contributed by atoms with van der Waals surface area (Å²) < 4.78 is 5.50. The number of hydrogen-bond acceptors (Lipinski definition) is 4. The maximum Gasteiger partial charge on any atom is 0.0594 e. The molecule has 3 nitrogen and oxygen atoms in total. The number of hydrogen-bond donors (Lipinski definition) is 1. The van der Waals surface area contributed by atoms with Crippen LogP contribution in [0.1, 0.15) is 22.0 Å². The van der Waals surface area contributed by atoms with Crippen LogP contribution >= 0.6 is 22.9 Å². The van der Waals surface area contributed by atoms with E-state index in [0.29, 0.717) is 0 Å². The Morgan fingerprint density at radius 2 is 2.04 bits per heavy atom. The van der Waals surface area contributed by atoms with Gasteiger partial charge in [0.15, 0.2) is 0 Å². The minimum absolute atomic E-state index is 0.285. The molecule has 1 unspecified atom stereocenters. The van der Waals surface area contributed by atoms with Gasteiger partial charge in [0.05, 0.1) is 13.2 Å². The van der Waals surface area contributed by atoms with Crippen LogP contribution in [0, 0.1) is 6.92 Å². The third-order valence-corrected chi connectivity index (χ3v) is 5.71. The number of morpholine rings is 1. The van der Waals surface area contributed by atoms with Crippen LogP contribution in [0.25, 0.3) is 0 Å². The second kappa shape index (κ2) is 8.27. The average Bonchev–Trinajstić information content (AvgIpc) is 2.99. The molecule has 1 aromatic carbocycles. The van der Waals surface area contributed by atoms with Crippen molar-refractivity contribution in [3.05, 3.63) is 56.7 Å². The molecule has 124 valence electrons. The van der Waals surface area contributed by atoms with Gasteiger partial charge in [-0.15, -0.1) is 11.3 Å². The summed E-state index contributed by atoms with van der Waals surface area (Å²) in [6, 6.07) is 10.6. The van der Waals surface area contributed by atoms with Crippen molar-refractivity contribution in [3.8, 4) is 0 Å². The van der Waals surface area contributed by atoms with E-state index in [4.69, 9.17) is 16.3 Å². The lowest BCUT2D eigenvalue weighted by atomic mass is 10.0. The molecule has 0 amide bonds. The number of aryl methyl sites for hydroxylation is 1. The molecule has 1 N–H and O–H groups in total. The van der Waals surface area contributed by atoms with Gasteiger partial charge in [-0.05, 0) is 35.6 Å². The highest BCUT2D eigenvalue weighted by Crippen LogP contribution is 2.28. The molecule has 5 heteroatoms. The van der Waals surface area contributed by atoms with Crippen LogP contribution < -0.4 is 5.32 Å². The van der Waals surface area contributed by atoms with Crippen molar-refractivity contribution in [1.82, 2.24) is 10.2 Å². The van der Waals surface area contributed by atoms with E-state index in [0.717, 1.165) is 44.4 Å². The normalized spacial score (nSPS) is 17.3. The summed E-state index contributed by atoms with van der Waals surface area (Å²) >= 11 is 8.27. The summed E-state index contributed by atoms with van der Waals surface area (Å²) in [7, 11) is 0. The Kier molecular flexibility index (Phi) is 6.08. The molecule has 0 spiro atoms. The maximum absolute atomic E-state index is 6.46. The van der Waals surface area contributed by atoms with Gasteiger partial charge in [-0.25, -0.2) is 0 Å². The molecular formula is C18H23ClN2OS. The van der Waals surface area contributed by atoms with Crippen LogP contribution in [0.4, 0.5) is 0 Å². The van der Waals surface area contributed by atoms with E-state index in [1.807, 2.05) is 23.5 Å². The second-order valence-corrected chi connectivity index (χ2v) is 7.25. The zero-order valence-corrected chi connectivity index (χ0v) is 15.0. The lowest BCUT2D eigenvalue weighted by Gasteiger charge is -2.35. The number of nitrogens with one attached hydrogen (secondary N) is 1. The monoisotopic (exact) mass is 350 g/mol. The standard InChI is InChI=1S/C18H23ClN2OS/c1-14-6-11-23-18(14)13-20-12-17(21-7-9-22-10-8-21)15-4-2-3-5-16(15)19/h2-6,11,17,20H,7-10,12-13H2,1H3. The van der Waals surface area contributed by atoms with Crippen molar-refractivity contribution in [2.75, 3.05) is 32.8 Å². The molecule has 0 bridgehead atoms. The molecule has 1 fully saturated rings. The molecule has 2 aromatic rings. The summed E-state index contributed by atoms with van der Waals surface area (Å²) in [5.74, 6) is 0. The van der Waals surface area contributed by atoms with E-state index >= 15 is 0 Å². The topological polar surface area (TPSA) is 24.5 Å². The predicted octanol–water partition coefficient (Wildman–Crippen LogP) is 3.87. The van der Waals surface area contributed by atoms with E-state index in [2.05, 4.69) is 40.7 Å². The highest BCUT2D eigenvalue weighted by Gasteiger charge is 2.24. The highest BCUT2D eigenvalue weighted by atomic mass is 35.5. The Hall–Kier alpha value is -0.910. The quantitative estimate of drug-likeness (QED) is 0.855. The Morgan fingerprint density at radius 3 is 2.74 bits per heavy atom. The largest absolute Gasteiger partial charge is 0.379 e. The van der Waals surface area contributed by atoms with Crippen LogP contribution in [0.5, 0.6) is 0 Å². The van der Waals surface area contributed by atoms with Crippen molar-refractivity contribution in [2.24, 2.45) is 0 Å².